The van der Waals surface area contributed by atoms with Gasteiger partial charge in [0, 0.05) is 49.2 Å². The summed E-state index contributed by atoms with van der Waals surface area (Å²) in [5.74, 6) is 1.41. The van der Waals surface area contributed by atoms with E-state index in [2.05, 4.69) is 63.6 Å². The van der Waals surface area contributed by atoms with Gasteiger partial charge in [-0.3, -0.25) is 4.99 Å². The van der Waals surface area contributed by atoms with Crippen LogP contribution in [0.2, 0.25) is 0 Å². The van der Waals surface area contributed by atoms with Gasteiger partial charge in [0.1, 0.15) is 0 Å². The first-order chi connectivity index (χ1) is 12.5. The largest absolute Gasteiger partial charge is 0.381 e. The molecule has 0 aromatic heterocycles. The van der Waals surface area contributed by atoms with Crippen LogP contribution in [0.5, 0.6) is 0 Å². The van der Waals surface area contributed by atoms with Gasteiger partial charge in [-0.25, -0.2) is 0 Å². The van der Waals surface area contributed by atoms with Gasteiger partial charge >= 0.3 is 0 Å². The zero-order chi connectivity index (χ0) is 18.8. The molecular weight excluding hydrogens is 521 g/mol. The monoisotopic (exact) mass is 553 g/mol. The number of benzene rings is 1. The summed E-state index contributed by atoms with van der Waals surface area (Å²) in [6.45, 7) is 9.41. The predicted octanol–water partition coefficient (Wildman–Crippen LogP) is 3.95. The number of halogens is 2. The molecule has 1 heterocycles. The molecule has 1 unspecified atom stereocenters. The van der Waals surface area contributed by atoms with Gasteiger partial charge in [-0.05, 0) is 24.5 Å². The minimum absolute atomic E-state index is 0. The van der Waals surface area contributed by atoms with Gasteiger partial charge in [0.2, 0.25) is 0 Å². The van der Waals surface area contributed by atoms with Gasteiger partial charge in [-0.15, -0.1) is 24.0 Å². The van der Waals surface area contributed by atoms with Crippen molar-refractivity contribution in [3.05, 3.63) is 34.3 Å². The topological polar surface area (TPSA) is 54.9 Å². The second kappa shape index (κ2) is 13.0. The first kappa shape index (κ1) is 24.7. The van der Waals surface area contributed by atoms with E-state index in [0.29, 0.717) is 5.92 Å². The average Bonchev–Trinajstić information content (AvgIpc) is 3.14. The maximum absolute atomic E-state index is 5.73. The number of hydrogen-bond acceptors (Lipinski definition) is 3. The van der Waals surface area contributed by atoms with Crippen LogP contribution in [-0.4, -0.2) is 52.5 Å². The second-order valence-corrected chi connectivity index (χ2v) is 8.23. The van der Waals surface area contributed by atoms with Crippen LogP contribution in [0, 0.1) is 5.92 Å². The molecule has 0 saturated carbocycles. The number of aliphatic imine (C=N–C) groups is 1. The van der Waals surface area contributed by atoms with Crippen molar-refractivity contribution in [2.75, 3.05) is 46.6 Å². The van der Waals surface area contributed by atoms with E-state index in [9.17, 15) is 0 Å². The molecule has 1 saturated heterocycles. The number of ether oxygens (including phenoxy) is 2. The maximum atomic E-state index is 5.73. The van der Waals surface area contributed by atoms with E-state index >= 15 is 0 Å². The first-order valence-corrected chi connectivity index (χ1v) is 10.2. The minimum Gasteiger partial charge on any atom is -0.381 e. The fraction of sp³-hybridized carbons (Fsp3) is 0.650. The number of guanidine groups is 1. The van der Waals surface area contributed by atoms with Crippen molar-refractivity contribution in [1.82, 2.24) is 10.6 Å². The van der Waals surface area contributed by atoms with Crippen LogP contribution in [0.3, 0.4) is 0 Å². The summed E-state index contributed by atoms with van der Waals surface area (Å²) in [7, 11) is 1.80. The van der Waals surface area contributed by atoms with Crippen LogP contribution >= 0.6 is 39.9 Å². The Kier molecular flexibility index (Phi) is 11.8. The van der Waals surface area contributed by atoms with Gasteiger partial charge in [-0.2, -0.15) is 0 Å². The standard InChI is InChI=1S/C20H32BrN3O2.HI/c1-20(2,17-7-4-5-8-18(17)21)15-24-19(22-3)23-10-6-11-25-13-16-9-12-26-14-16;/h4-5,7-8,16H,6,9-15H2,1-3H3,(H2,22,23,24);1H. The van der Waals surface area contributed by atoms with Crippen LogP contribution in [-0.2, 0) is 14.9 Å². The molecule has 5 nitrogen and oxygen atoms in total. The second-order valence-electron chi connectivity index (χ2n) is 7.37. The molecule has 27 heavy (non-hydrogen) atoms. The third kappa shape index (κ3) is 8.66. The molecule has 1 fully saturated rings. The zero-order valence-electron chi connectivity index (χ0n) is 16.6. The van der Waals surface area contributed by atoms with E-state index in [1.165, 1.54) is 5.56 Å². The van der Waals surface area contributed by atoms with Gasteiger partial charge < -0.3 is 20.1 Å². The summed E-state index contributed by atoms with van der Waals surface area (Å²) in [5, 5.41) is 6.79. The molecule has 1 aromatic rings. The van der Waals surface area contributed by atoms with Crippen LogP contribution in [0.1, 0.15) is 32.3 Å². The third-order valence-corrected chi connectivity index (χ3v) is 5.35. The van der Waals surface area contributed by atoms with Crippen LogP contribution in [0.15, 0.2) is 33.7 Å². The minimum atomic E-state index is -0.00974. The summed E-state index contributed by atoms with van der Waals surface area (Å²) in [5.41, 5.74) is 1.27. The summed E-state index contributed by atoms with van der Waals surface area (Å²) in [6.07, 6.45) is 2.09. The SMILES string of the molecule is CN=C(NCCCOCC1CCOC1)NCC(C)(C)c1ccccc1Br.I. The molecule has 2 rings (SSSR count). The molecule has 0 radical (unpaired) electrons. The van der Waals surface area contributed by atoms with Crippen molar-refractivity contribution >= 4 is 45.9 Å². The summed E-state index contributed by atoms with van der Waals surface area (Å²) in [4.78, 5) is 4.31. The normalized spacial score (nSPS) is 17.5. The molecule has 1 aromatic carbocycles. The van der Waals surface area contributed by atoms with Gasteiger partial charge in [0.15, 0.2) is 5.96 Å². The molecule has 1 aliphatic rings. The highest BCUT2D eigenvalue weighted by Crippen LogP contribution is 2.29. The Hall–Kier alpha value is -0.380. The lowest BCUT2D eigenvalue weighted by atomic mass is 9.84. The highest BCUT2D eigenvalue weighted by atomic mass is 127. The molecule has 7 heteroatoms. The fourth-order valence-electron chi connectivity index (χ4n) is 2.98. The van der Waals surface area contributed by atoms with Gasteiger partial charge in [0.05, 0.1) is 13.2 Å². The molecule has 2 N–H and O–H groups in total. The molecule has 154 valence electrons. The van der Waals surface area contributed by atoms with E-state index < -0.39 is 0 Å². The highest BCUT2D eigenvalue weighted by Gasteiger charge is 2.23. The van der Waals surface area contributed by atoms with Gasteiger partial charge in [0.25, 0.3) is 0 Å². The average molecular weight is 554 g/mol. The van der Waals surface area contributed by atoms with Crippen molar-refractivity contribution in [1.29, 1.82) is 0 Å². The Balaban J connectivity index is 0.00000364. The number of nitrogens with one attached hydrogen (secondary N) is 2. The van der Waals surface area contributed by atoms with Crippen molar-refractivity contribution in [3.8, 4) is 0 Å². The van der Waals surface area contributed by atoms with Crippen LogP contribution in [0.25, 0.3) is 0 Å². The van der Waals surface area contributed by atoms with Crippen LogP contribution in [0.4, 0.5) is 0 Å². The van der Waals surface area contributed by atoms with Crippen molar-refractivity contribution < 1.29 is 9.47 Å². The molecule has 1 atom stereocenters. The highest BCUT2D eigenvalue weighted by molar-refractivity contribution is 14.0. The summed E-state index contributed by atoms with van der Waals surface area (Å²) in [6, 6.07) is 8.36. The smallest absolute Gasteiger partial charge is 0.191 e. The van der Waals surface area contributed by atoms with Crippen molar-refractivity contribution in [2.24, 2.45) is 10.9 Å². The maximum Gasteiger partial charge on any atom is 0.191 e. The van der Waals surface area contributed by atoms with Crippen molar-refractivity contribution in [2.45, 2.75) is 32.1 Å². The lowest BCUT2D eigenvalue weighted by molar-refractivity contribution is 0.0888. The Labute approximate surface area is 189 Å². The molecule has 0 bridgehead atoms. The van der Waals surface area contributed by atoms with E-state index in [-0.39, 0.29) is 29.4 Å². The zero-order valence-corrected chi connectivity index (χ0v) is 20.5. The Morgan fingerprint density at radius 2 is 2.11 bits per heavy atom. The van der Waals surface area contributed by atoms with Gasteiger partial charge in [-0.1, -0.05) is 48.0 Å². The molecule has 0 aliphatic carbocycles. The van der Waals surface area contributed by atoms with E-state index in [1.807, 2.05) is 6.07 Å². The predicted molar refractivity (Wildman–Crippen MR) is 126 cm³/mol. The molecular formula is C20H33BrIN3O2. The summed E-state index contributed by atoms with van der Waals surface area (Å²) >= 11 is 3.65. The lowest BCUT2D eigenvalue weighted by Gasteiger charge is -2.27. The van der Waals surface area contributed by atoms with E-state index in [0.717, 1.165) is 62.8 Å². The fourth-order valence-corrected chi connectivity index (χ4v) is 3.80. The van der Waals surface area contributed by atoms with Crippen LogP contribution < -0.4 is 10.6 Å². The molecule has 0 amide bonds. The number of nitrogens with zero attached hydrogens (tertiary/aromatic N) is 1. The quantitative estimate of drug-likeness (QED) is 0.210. The Morgan fingerprint density at radius 1 is 1.33 bits per heavy atom. The van der Waals surface area contributed by atoms with E-state index in [4.69, 9.17) is 9.47 Å². The summed E-state index contributed by atoms with van der Waals surface area (Å²) < 4.78 is 12.2. The number of rotatable bonds is 9. The Morgan fingerprint density at radius 3 is 2.78 bits per heavy atom. The lowest BCUT2D eigenvalue weighted by Crippen LogP contribution is -2.44. The molecule has 1 aliphatic heterocycles. The molecule has 0 spiro atoms. The van der Waals surface area contributed by atoms with E-state index in [1.54, 1.807) is 7.05 Å². The third-order valence-electron chi connectivity index (χ3n) is 4.66. The first-order valence-electron chi connectivity index (χ1n) is 9.38. The number of hydrogen-bond donors (Lipinski definition) is 2. The Bertz CT molecular complexity index is 578. The van der Waals surface area contributed by atoms with Crippen molar-refractivity contribution in [3.63, 3.8) is 0 Å².